The zero-order chi connectivity index (χ0) is 69.4. The lowest BCUT2D eigenvalue weighted by Crippen LogP contribution is -2.69. The van der Waals surface area contributed by atoms with Crippen LogP contribution >= 0.6 is 0 Å². The lowest BCUT2D eigenvalue weighted by atomic mass is 10.2. The van der Waals surface area contributed by atoms with Gasteiger partial charge in [0.25, 0.3) is 0 Å². The Balaban J connectivity index is 1.02. The third kappa shape index (κ3) is 14.3. The van der Waals surface area contributed by atoms with Gasteiger partial charge in [0, 0.05) is 18.2 Å². The number of benzene rings is 11. The van der Waals surface area contributed by atoms with Crippen molar-refractivity contribution in [3.05, 3.63) is 314 Å². The molecule has 12 heteroatoms. The second-order valence-corrected chi connectivity index (χ2v) is 46.3. The van der Waals surface area contributed by atoms with Gasteiger partial charge in [0.2, 0.25) is 0 Å². The van der Waals surface area contributed by atoms with Crippen molar-refractivity contribution >= 4 is 80.7 Å². The Morgan fingerprint density at radius 3 is 0.622 bits per heavy atom. The zero-order valence-corrected chi connectivity index (χ0v) is 63.0. The molecular formula is C86H92O8Si4. The Labute approximate surface area is 585 Å². The van der Waals surface area contributed by atoms with Gasteiger partial charge in [-0.25, -0.2) is 4.79 Å². The van der Waals surface area contributed by atoms with E-state index in [4.69, 9.17) is 31.9 Å². The third-order valence-corrected chi connectivity index (χ3v) is 38.5. The smallest absolute Gasteiger partial charge is 0.338 e. The van der Waals surface area contributed by atoms with Crippen molar-refractivity contribution in [1.29, 1.82) is 0 Å². The molecule has 0 aliphatic rings. The fraction of sp³-hybridized carbons (Fsp3) is 0.221. The Hall–Kier alpha value is -9.44. The molecule has 11 aromatic rings. The van der Waals surface area contributed by atoms with Crippen LogP contribution in [0.1, 0.15) is 105 Å². The minimum Gasteiger partial charge on any atom is -0.534 e. The van der Waals surface area contributed by atoms with E-state index in [0.29, 0.717) is 34.5 Å². The average Bonchev–Trinajstić information content (AvgIpc) is 0.754. The molecule has 0 aliphatic heterocycles. The van der Waals surface area contributed by atoms with Crippen molar-refractivity contribution in [2.45, 2.75) is 116 Å². The third-order valence-electron chi connectivity index (χ3n) is 18.7. The van der Waals surface area contributed by atoms with Gasteiger partial charge in [-0.3, -0.25) is 0 Å². The minimum absolute atomic E-state index is 0.0731. The molecule has 98 heavy (non-hydrogen) atoms. The van der Waals surface area contributed by atoms with E-state index < -0.39 is 39.2 Å². The maximum atomic E-state index is 13.9. The Bertz CT molecular complexity index is 3750. The van der Waals surface area contributed by atoms with Gasteiger partial charge in [0.1, 0.15) is 47.7 Å². The summed E-state index contributed by atoms with van der Waals surface area (Å²) >= 11 is 0. The van der Waals surface area contributed by atoms with Gasteiger partial charge in [0.15, 0.2) is 0 Å². The zero-order valence-electron chi connectivity index (χ0n) is 59.0. The highest BCUT2D eigenvalue weighted by Gasteiger charge is 2.56. The normalized spacial score (nSPS) is 12.5. The van der Waals surface area contributed by atoms with Gasteiger partial charge >= 0.3 is 39.2 Å². The minimum atomic E-state index is -3.19. The molecule has 500 valence electrons. The number of hydrogen-bond acceptors (Lipinski definition) is 8. The summed E-state index contributed by atoms with van der Waals surface area (Å²) in [7, 11) is -11.4. The first-order valence-corrected chi connectivity index (χ1v) is 41.5. The quantitative estimate of drug-likeness (QED) is 0.0463. The summed E-state index contributed by atoms with van der Waals surface area (Å²) in [6.45, 7) is 27.5. The molecule has 0 aromatic heterocycles. The SMILES string of the molecule is COC(=O)c1cc(OCc2cc(O[Si](c3ccccc3)(c3ccccc3)C(C)(C)C)cc(O[Si](c3ccccc3)(c3ccccc3)C(C)(C)C)c2)cc(OCc2cc(O[Si](c3ccccc3)(c3ccccc3)C(C)(C)C)cc(O[Si](c3ccccc3)(c3ccccc3)C(C)(C)C)c2)c1. The molecule has 0 bridgehead atoms. The number of carbonyl (C=O) groups excluding carboxylic acids is 1. The standard InChI is InChI=1S/C86H92O8Si4/c1-83(2,3)95(74-38-22-14-23-39-74,75-40-24-15-25-41-75)91-70-54-65(55-71(61-70)92-96(84(4,5)6,76-42-26-16-27-43-76)77-44-28-17-29-45-77)63-89-68-58-67(82(87)88-13)59-69(60-68)90-64-66-56-72(93-97(85(7,8)9,78-46-30-18-31-47-78)79-48-32-19-33-49-79)62-73(57-66)94-98(86(10,11)12,80-50-34-20-35-51-80)81-52-36-21-37-53-81/h14-62H,63-64H2,1-13H3. The van der Waals surface area contributed by atoms with Crippen LogP contribution < -0.4 is 68.7 Å². The summed E-state index contributed by atoms with van der Waals surface area (Å²) in [4.78, 5) is 13.9. The van der Waals surface area contributed by atoms with Crippen LogP contribution in [0.2, 0.25) is 20.2 Å². The van der Waals surface area contributed by atoms with Crippen molar-refractivity contribution in [3.63, 3.8) is 0 Å². The molecule has 0 fully saturated rings. The molecule has 0 radical (unpaired) electrons. The number of ether oxygens (including phenoxy) is 3. The number of carbonyl (C=O) groups is 1. The fourth-order valence-corrected chi connectivity index (χ4v) is 31.9. The summed E-state index contributed by atoms with van der Waals surface area (Å²) in [5.74, 6) is 2.87. The Kier molecular flexibility index (Phi) is 20.6. The van der Waals surface area contributed by atoms with E-state index in [0.717, 1.165) is 52.6 Å². The molecule has 0 N–H and O–H groups in total. The van der Waals surface area contributed by atoms with E-state index in [1.165, 1.54) is 7.11 Å². The van der Waals surface area contributed by atoms with Crippen molar-refractivity contribution in [1.82, 2.24) is 0 Å². The van der Waals surface area contributed by atoms with Crippen LogP contribution in [0, 0.1) is 0 Å². The van der Waals surface area contributed by atoms with E-state index in [2.05, 4.69) is 362 Å². The van der Waals surface area contributed by atoms with Gasteiger partial charge in [0.05, 0.1) is 12.7 Å². The van der Waals surface area contributed by atoms with Gasteiger partial charge in [-0.15, -0.1) is 0 Å². The molecule has 0 saturated heterocycles. The molecule has 0 aliphatic carbocycles. The van der Waals surface area contributed by atoms with E-state index in [9.17, 15) is 4.79 Å². The first-order valence-electron chi connectivity index (χ1n) is 33.9. The molecular weight excluding hydrogens is 1270 g/mol. The molecule has 0 unspecified atom stereocenters. The monoisotopic (exact) mass is 1360 g/mol. The summed E-state index contributed by atoms with van der Waals surface area (Å²) in [6, 6.07) is 103. The highest BCUT2D eigenvalue weighted by atomic mass is 28.4. The number of esters is 1. The second kappa shape index (κ2) is 28.9. The van der Waals surface area contributed by atoms with Gasteiger partial charge < -0.3 is 31.9 Å². The number of rotatable bonds is 23. The lowest BCUT2D eigenvalue weighted by molar-refractivity contribution is 0.0599. The van der Waals surface area contributed by atoms with Crippen LogP contribution in [0.4, 0.5) is 0 Å². The first-order chi connectivity index (χ1) is 46.9. The van der Waals surface area contributed by atoms with Crippen molar-refractivity contribution in [2.75, 3.05) is 7.11 Å². The van der Waals surface area contributed by atoms with Crippen LogP contribution in [-0.2, 0) is 18.0 Å². The lowest BCUT2D eigenvalue weighted by Gasteiger charge is -2.44. The number of methoxy groups -OCH3 is 1. The second-order valence-electron chi connectivity index (χ2n) is 29.4. The van der Waals surface area contributed by atoms with Gasteiger partial charge in [-0.2, -0.15) is 0 Å². The summed E-state index contributed by atoms with van der Waals surface area (Å²) in [5.41, 5.74) is 1.86. The van der Waals surface area contributed by atoms with Crippen molar-refractivity contribution in [2.24, 2.45) is 0 Å². The number of hydrogen-bond donors (Lipinski definition) is 0. The van der Waals surface area contributed by atoms with Crippen molar-refractivity contribution < 1.29 is 36.7 Å². The van der Waals surface area contributed by atoms with Crippen molar-refractivity contribution in [3.8, 4) is 34.5 Å². The fourth-order valence-electron chi connectivity index (χ4n) is 14.3. The first kappa shape index (κ1) is 69.9. The predicted octanol–water partition coefficient (Wildman–Crippen LogP) is 16.4. The Morgan fingerprint density at radius 1 is 0.265 bits per heavy atom. The van der Waals surface area contributed by atoms with E-state index in [1.54, 1.807) is 12.1 Å². The molecule has 0 amide bonds. The Morgan fingerprint density at radius 2 is 0.449 bits per heavy atom. The molecule has 11 rings (SSSR count). The predicted molar refractivity (Wildman–Crippen MR) is 412 cm³/mol. The van der Waals surface area contributed by atoms with E-state index in [-0.39, 0.29) is 38.9 Å². The molecule has 8 nitrogen and oxygen atoms in total. The molecule has 0 saturated carbocycles. The van der Waals surface area contributed by atoms with E-state index >= 15 is 0 Å². The van der Waals surface area contributed by atoms with Crippen LogP contribution in [-0.4, -0.2) is 46.3 Å². The van der Waals surface area contributed by atoms with Gasteiger partial charge in [-0.05, 0) is 109 Å². The van der Waals surface area contributed by atoms with E-state index in [1.807, 2.05) is 6.07 Å². The van der Waals surface area contributed by atoms with Crippen LogP contribution in [0.15, 0.2) is 297 Å². The molecule has 0 heterocycles. The van der Waals surface area contributed by atoms with Crippen LogP contribution in [0.3, 0.4) is 0 Å². The van der Waals surface area contributed by atoms with Gasteiger partial charge in [-0.1, -0.05) is 326 Å². The topological polar surface area (TPSA) is 81.7 Å². The highest BCUT2D eigenvalue weighted by Crippen LogP contribution is 2.44. The molecule has 0 atom stereocenters. The molecule has 11 aromatic carbocycles. The summed E-state index contributed by atoms with van der Waals surface area (Å²) < 4.78 is 50.7. The summed E-state index contributed by atoms with van der Waals surface area (Å²) in [5, 5.41) is 7.75. The maximum Gasteiger partial charge on any atom is 0.338 e. The largest absolute Gasteiger partial charge is 0.534 e. The van der Waals surface area contributed by atoms with Crippen LogP contribution in [0.5, 0.6) is 34.5 Å². The average molecular weight is 1370 g/mol. The highest BCUT2D eigenvalue weighted by molar-refractivity contribution is 7.02. The molecule has 0 spiro atoms. The summed E-state index contributed by atoms with van der Waals surface area (Å²) in [6.07, 6.45) is 0. The maximum absolute atomic E-state index is 13.9. The van der Waals surface area contributed by atoms with Crippen LogP contribution in [0.25, 0.3) is 0 Å².